The van der Waals surface area contributed by atoms with Crippen molar-refractivity contribution in [3.8, 4) is 0 Å². The number of aliphatic hydroxyl groups is 1. The Balaban J connectivity index is 1.83. The molecule has 0 aromatic heterocycles. The molecule has 0 heterocycles. The molecule has 0 bridgehead atoms. The van der Waals surface area contributed by atoms with Crippen LogP contribution in [0.25, 0.3) is 0 Å². The number of rotatable bonds is 6. The maximum atomic E-state index is 10.7. The van der Waals surface area contributed by atoms with Crippen LogP contribution in [0.15, 0.2) is 48.5 Å². The van der Waals surface area contributed by atoms with Gasteiger partial charge in [-0.3, -0.25) is 0 Å². The molecule has 1 atom stereocenters. The maximum Gasteiger partial charge on any atom is 0.335 e. The third kappa shape index (κ3) is 4.41. The van der Waals surface area contributed by atoms with Gasteiger partial charge >= 0.3 is 5.97 Å². The molecular weight excluding hydrogens is 266 g/mol. The SMILES string of the molecule is Cc1ccc(C(O)CNCc2ccc(C(=O)O)cc2)cc1. The smallest absolute Gasteiger partial charge is 0.335 e. The summed E-state index contributed by atoms with van der Waals surface area (Å²) in [5.41, 5.74) is 3.31. The Hall–Kier alpha value is -2.17. The van der Waals surface area contributed by atoms with Gasteiger partial charge in [0.2, 0.25) is 0 Å². The molecule has 0 aliphatic heterocycles. The zero-order valence-electron chi connectivity index (χ0n) is 11.9. The highest BCUT2D eigenvalue weighted by Crippen LogP contribution is 2.13. The Labute approximate surface area is 124 Å². The Morgan fingerprint density at radius 3 is 2.29 bits per heavy atom. The Kier molecular flexibility index (Phi) is 5.09. The zero-order chi connectivity index (χ0) is 15.2. The molecule has 0 aliphatic carbocycles. The van der Waals surface area contributed by atoms with Gasteiger partial charge in [-0.2, -0.15) is 0 Å². The second kappa shape index (κ2) is 7.02. The number of aromatic carboxylic acids is 1. The predicted octanol–water partition coefficient (Wildman–Crippen LogP) is 2.52. The quantitative estimate of drug-likeness (QED) is 0.763. The molecule has 2 aromatic rings. The van der Waals surface area contributed by atoms with Gasteiger partial charge in [0.25, 0.3) is 0 Å². The van der Waals surface area contributed by atoms with E-state index in [9.17, 15) is 9.90 Å². The van der Waals surface area contributed by atoms with Gasteiger partial charge in [0.1, 0.15) is 0 Å². The number of aliphatic hydroxyl groups excluding tert-OH is 1. The Morgan fingerprint density at radius 2 is 1.71 bits per heavy atom. The number of hydrogen-bond donors (Lipinski definition) is 3. The molecule has 21 heavy (non-hydrogen) atoms. The molecule has 1 unspecified atom stereocenters. The van der Waals surface area contributed by atoms with E-state index < -0.39 is 12.1 Å². The third-order valence-corrected chi connectivity index (χ3v) is 3.33. The van der Waals surface area contributed by atoms with Crippen molar-refractivity contribution < 1.29 is 15.0 Å². The fourth-order valence-corrected chi connectivity index (χ4v) is 2.02. The van der Waals surface area contributed by atoms with Crippen molar-refractivity contribution in [3.05, 3.63) is 70.8 Å². The molecule has 4 nitrogen and oxygen atoms in total. The van der Waals surface area contributed by atoms with Crippen molar-refractivity contribution in [1.29, 1.82) is 0 Å². The number of carboxylic acid groups (broad SMARTS) is 1. The van der Waals surface area contributed by atoms with Gasteiger partial charge in [0.15, 0.2) is 0 Å². The van der Waals surface area contributed by atoms with Gasteiger partial charge in [-0.25, -0.2) is 4.79 Å². The van der Waals surface area contributed by atoms with Crippen molar-refractivity contribution in [3.63, 3.8) is 0 Å². The minimum atomic E-state index is -0.927. The van der Waals surface area contributed by atoms with E-state index in [0.29, 0.717) is 13.1 Å². The highest BCUT2D eigenvalue weighted by atomic mass is 16.4. The van der Waals surface area contributed by atoms with Crippen LogP contribution in [0.2, 0.25) is 0 Å². The van der Waals surface area contributed by atoms with Gasteiger partial charge in [-0.05, 0) is 30.2 Å². The Morgan fingerprint density at radius 1 is 1.10 bits per heavy atom. The lowest BCUT2D eigenvalue weighted by Crippen LogP contribution is -2.21. The van der Waals surface area contributed by atoms with Crippen molar-refractivity contribution >= 4 is 5.97 Å². The monoisotopic (exact) mass is 285 g/mol. The highest BCUT2D eigenvalue weighted by molar-refractivity contribution is 5.87. The first-order valence-electron chi connectivity index (χ1n) is 6.84. The van der Waals surface area contributed by atoms with Crippen LogP contribution in [-0.4, -0.2) is 22.7 Å². The van der Waals surface area contributed by atoms with Gasteiger partial charge in [0, 0.05) is 13.1 Å². The van der Waals surface area contributed by atoms with E-state index in [4.69, 9.17) is 5.11 Å². The minimum absolute atomic E-state index is 0.276. The molecule has 0 amide bonds. The molecule has 0 spiro atoms. The lowest BCUT2D eigenvalue weighted by atomic mass is 10.1. The minimum Gasteiger partial charge on any atom is -0.478 e. The number of benzene rings is 2. The number of nitrogens with one attached hydrogen (secondary N) is 1. The summed E-state index contributed by atoms with van der Waals surface area (Å²) >= 11 is 0. The molecule has 2 rings (SSSR count). The van der Waals surface area contributed by atoms with E-state index in [2.05, 4.69) is 5.32 Å². The van der Waals surface area contributed by atoms with E-state index in [-0.39, 0.29) is 5.56 Å². The molecule has 0 aliphatic rings. The van der Waals surface area contributed by atoms with Gasteiger partial charge < -0.3 is 15.5 Å². The lowest BCUT2D eigenvalue weighted by molar-refractivity contribution is 0.0697. The largest absolute Gasteiger partial charge is 0.478 e. The first-order valence-corrected chi connectivity index (χ1v) is 6.84. The summed E-state index contributed by atoms with van der Waals surface area (Å²) in [5.74, 6) is -0.927. The van der Waals surface area contributed by atoms with Crippen LogP contribution in [0, 0.1) is 6.92 Å². The summed E-state index contributed by atoms with van der Waals surface area (Å²) < 4.78 is 0. The number of hydrogen-bond acceptors (Lipinski definition) is 3. The van der Waals surface area contributed by atoms with Crippen molar-refractivity contribution in [2.45, 2.75) is 19.6 Å². The van der Waals surface area contributed by atoms with E-state index in [0.717, 1.165) is 16.7 Å². The van der Waals surface area contributed by atoms with Gasteiger partial charge in [-0.1, -0.05) is 42.0 Å². The summed E-state index contributed by atoms with van der Waals surface area (Å²) in [6.45, 7) is 3.04. The van der Waals surface area contributed by atoms with Crippen LogP contribution in [-0.2, 0) is 6.54 Å². The fraction of sp³-hybridized carbons (Fsp3) is 0.235. The van der Waals surface area contributed by atoms with E-state index in [1.165, 1.54) is 0 Å². The van der Waals surface area contributed by atoms with E-state index >= 15 is 0 Å². The summed E-state index contributed by atoms with van der Waals surface area (Å²) in [7, 11) is 0. The number of aryl methyl sites for hydroxylation is 1. The van der Waals surface area contributed by atoms with E-state index in [1.54, 1.807) is 24.3 Å². The van der Waals surface area contributed by atoms with Crippen LogP contribution in [0.1, 0.15) is 33.2 Å². The number of carbonyl (C=O) groups is 1. The van der Waals surface area contributed by atoms with Crippen LogP contribution in [0.4, 0.5) is 0 Å². The lowest BCUT2D eigenvalue weighted by Gasteiger charge is -2.12. The third-order valence-electron chi connectivity index (χ3n) is 3.33. The van der Waals surface area contributed by atoms with E-state index in [1.807, 2.05) is 31.2 Å². The second-order valence-corrected chi connectivity index (χ2v) is 5.06. The fourth-order valence-electron chi connectivity index (χ4n) is 2.02. The normalized spacial score (nSPS) is 12.1. The molecule has 110 valence electrons. The van der Waals surface area contributed by atoms with Gasteiger partial charge in [0.05, 0.1) is 11.7 Å². The zero-order valence-corrected chi connectivity index (χ0v) is 11.9. The molecular formula is C17H19NO3. The molecule has 0 radical (unpaired) electrons. The molecule has 2 aromatic carbocycles. The highest BCUT2D eigenvalue weighted by Gasteiger charge is 2.07. The average Bonchev–Trinajstić information content (AvgIpc) is 2.48. The summed E-state index contributed by atoms with van der Waals surface area (Å²) in [5, 5.41) is 22.1. The molecule has 0 saturated carbocycles. The molecule has 0 saturated heterocycles. The van der Waals surface area contributed by atoms with Crippen molar-refractivity contribution in [2.75, 3.05) is 6.54 Å². The van der Waals surface area contributed by atoms with Crippen LogP contribution >= 0.6 is 0 Å². The Bertz CT molecular complexity index is 590. The van der Waals surface area contributed by atoms with Crippen LogP contribution < -0.4 is 5.32 Å². The van der Waals surface area contributed by atoms with Crippen molar-refractivity contribution in [1.82, 2.24) is 5.32 Å². The summed E-state index contributed by atoms with van der Waals surface area (Å²) in [6, 6.07) is 14.5. The standard InChI is InChI=1S/C17H19NO3/c1-12-2-6-14(7-3-12)16(19)11-18-10-13-4-8-15(9-5-13)17(20)21/h2-9,16,18-19H,10-11H2,1H3,(H,20,21). The second-order valence-electron chi connectivity index (χ2n) is 5.06. The predicted molar refractivity (Wildman–Crippen MR) is 81.2 cm³/mol. The van der Waals surface area contributed by atoms with Gasteiger partial charge in [-0.15, -0.1) is 0 Å². The molecule has 0 fully saturated rings. The van der Waals surface area contributed by atoms with Crippen LogP contribution in [0.5, 0.6) is 0 Å². The summed E-state index contributed by atoms with van der Waals surface area (Å²) in [4.78, 5) is 10.7. The first kappa shape index (κ1) is 15.2. The van der Waals surface area contributed by atoms with Crippen molar-refractivity contribution in [2.24, 2.45) is 0 Å². The average molecular weight is 285 g/mol. The number of carboxylic acids is 1. The topological polar surface area (TPSA) is 69.6 Å². The molecule has 4 heteroatoms. The maximum absolute atomic E-state index is 10.7. The van der Waals surface area contributed by atoms with Crippen LogP contribution in [0.3, 0.4) is 0 Å². The first-order chi connectivity index (χ1) is 10.1. The molecule has 3 N–H and O–H groups in total. The summed E-state index contributed by atoms with van der Waals surface area (Å²) in [6.07, 6.45) is -0.552.